The molecular formula is C27H30N4O4. The summed E-state index contributed by atoms with van der Waals surface area (Å²) >= 11 is 0. The van der Waals surface area contributed by atoms with Gasteiger partial charge in [0.1, 0.15) is 11.4 Å². The van der Waals surface area contributed by atoms with Crippen molar-refractivity contribution in [3.8, 4) is 17.2 Å². The third-order valence-electron chi connectivity index (χ3n) is 6.30. The number of pyridine rings is 1. The second-order valence-electron chi connectivity index (χ2n) is 9.12. The molecule has 182 valence electrons. The number of ether oxygens (including phenoxy) is 2. The van der Waals surface area contributed by atoms with Crippen molar-refractivity contribution in [2.75, 3.05) is 20.3 Å². The molecule has 5 rings (SSSR count). The highest BCUT2D eigenvalue weighted by molar-refractivity contribution is 6.06. The number of nitrogens with zero attached hydrogens (tertiary/aromatic N) is 4. The van der Waals surface area contributed by atoms with Crippen molar-refractivity contribution >= 4 is 16.9 Å². The lowest BCUT2D eigenvalue weighted by Gasteiger charge is -2.26. The lowest BCUT2D eigenvalue weighted by atomic mass is 10.1. The molecule has 8 nitrogen and oxygen atoms in total. The molecular weight excluding hydrogens is 444 g/mol. The monoisotopic (exact) mass is 474 g/mol. The van der Waals surface area contributed by atoms with Gasteiger partial charge in [-0.15, -0.1) is 0 Å². The lowest BCUT2D eigenvalue weighted by molar-refractivity contribution is 0.0508. The molecule has 1 unspecified atom stereocenters. The molecule has 0 N–H and O–H groups in total. The van der Waals surface area contributed by atoms with Crippen LogP contribution in [0.5, 0.6) is 5.75 Å². The average Bonchev–Trinajstić information content (AvgIpc) is 3.64. The molecule has 1 fully saturated rings. The smallest absolute Gasteiger partial charge is 0.255 e. The number of amides is 1. The zero-order chi connectivity index (χ0) is 24.4. The first-order chi connectivity index (χ1) is 17.0. The predicted octanol–water partition coefficient (Wildman–Crippen LogP) is 5.10. The van der Waals surface area contributed by atoms with Crippen LogP contribution in [-0.2, 0) is 11.3 Å². The Balaban J connectivity index is 1.58. The lowest BCUT2D eigenvalue weighted by Crippen LogP contribution is -2.37. The topological polar surface area (TPSA) is 82.6 Å². The van der Waals surface area contributed by atoms with E-state index in [1.54, 1.807) is 19.6 Å². The molecule has 1 saturated heterocycles. The van der Waals surface area contributed by atoms with Gasteiger partial charge in [-0.05, 0) is 62.6 Å². The first-order valence-corrected chi connectivity index (χ1v) is 12.0. The van der Waals surface area contributed by atoms with E-state index in [0.717, 1.165) is 36.1 Å². The van der Waals surface area contributed by atoms with Crippen molar-refractivity contribution in [2.24, 2.45) is 0 Å². The van der Waals surface area contributed by atoms with E-state index in [1.807, 2.05) is 65.9 Å². The van der Waals surface area contributed by atoms with Crippen LogP contribution in [0.3, 0.4) is 0 Å². The molecule has 1 aliphatic heterocycles. The minimum absolute atomic E-state index is 0.0183. The van der Waals surface area contributed by atoms with Gasteiger partial charge in [-0.3, -0.25) is 4.79 Å². The van der Waals surface area contributed by atoms with Crippen molar-refractivity contribution < 1.29 is 18.7 Å². The standard InChI is InChI=1S/C27H30N4O4/c1-18(2)31-26-23(15-28-31)22(14-24(29-26)25-10-6-12-35-25)27(32)30(17-21-9-5-11-34-21)16-19-7-4-8-20(13-19)33-3/h4,6-8,10,12-15,18,21H,5,9,11,16-17H2,1-3H3. The molecule has 8 heteroatoms. The van der Waals surface area contributed by atoms with Gasteiger partial charge in [0.2, 0.25) is 0 Å². The SMILES string of the molecule is COc1cccc(CN(CC2CCCO2)C(=O)c2cc(-c3ccco3)nc3c2cnn3C(C)C)c1. The van der Waals surface area contributed by atoms with Crippen molar-refractivity contribution in [3.05, 3.63) is 66.1 Å². The molecule has 0 spiro atoms. The molecule has 0 aliphatic carbocycles. The number of carbonyl (C=O) groups excluding carboxylic acids is 1. The third-order valence-corrected chi connectivity index (χ3v) is 6.30. The minimum atomic E-state index is -0.0909. The summed E-state index contributed by atoms with van der Waals surface area (Å²) in [5.74, 6) is 1.28. The molecule has 1 amide bonds. The van der Waals surface area contributed by atoms with Crippen LogP contribution in [-0.4, -0.2) is 51.9 Å². The zero-order valence-electron chi connectivity index (χ0n) is 20.3. The normalized spacial score (nSPS) is 15.7. The second kappa shape index (κ2) is 9.92. The first-order valence-electron chi connectivity index (χ1n) is 12.0. The van der Waals surface area contributed by atoms with Crippen molar-refractivity contribution in [1.82, 2.24) is 19.7 Å². The van der Waals surface area contributed by atoms with Gasteiger partial charge >= 0.3 is 0 Å². The largest absolute Gasteiger partial charge is 0.497 e. The molecule has 1 atom stereocenters. The molecule has 3 aromatic heterocycles. The highest BCUT2D eigenvalue weighted by atomic mass is 16.5. The highest BCUT2D eigenvalue weighted by Crippen LogP contribution is 2.29. The maximum absolute atomic E-state index is 14.2. The molecule has 0 radical (unpaired) electrons. The van der Waals surface area contributed by atoms with E-state index >= 15 is 0 Å². The molecule has 0 saturated carbocycles. The molecule has 4 heterocycles. The number of fused-ring (bicyclic) bond motifs is 1. The van der Waals surface area contributed by atoms with Crippen LogP contribution in [0, 0.1) is 0 Å². The summed E-state index contributed by atoms with van der Waals surface area (Å²) in [6.45, 7) is 5.76. The number of aromatic nitrogens is 3. The van der Waals surface area contributed by atoms with Gasteiger partial charge < -0.3 is 18.8 Å². The number of furan rings is 1. The summed E-state index contributed by atoms with van der Waals surface area (Å²) in [5, 5.41) is 5.27. The molecule has 4 aromatic rings. The Morgan fingerprint density at radius 3 is 2.86 bits per heavy atom. The van der Waals surface area contributed by atoms with Crippen molar-refractivity contribution in [1.29, 1.82) is 0 Å². The summed E-state index contributed by atoms with van der Waals surface area (Å²) in [5.41, 5.74) is 2.81. The van der Waals surface area contributed by atoms with Crippen LogP contribution in [0.2, 0.25) is 0 Å². The Kier molecular flexibility index (Phi) is 6.55. The quantitative estimate of drug-likeness (QED) is 0.353. The fraction of sp³-hybridized carbons (Fsp3) is 0.370. The number of hydrogen-bond donors (Lipinski definition) is 0. The summed E-state index contributed by atoms with van der Waals surface area (Å²) in [4.78, 5) is 20.8. The van der Waals surface area contributed by atoms with Gasteiger partial charge in [-0.1, -0.05) is 12.1 Å². The van der Waals surface area contributed by atoms with Crippen LogP contribution in [0.25, 0.3) is 22.5 Å². The van der Waals surface area contributed by atoms with Gasteiger partial charge in [-0.2, -0.15) is 5.10 Å². The van der Waals surface area contributed by atoms with Gasteiger partial charge in [0.25, 0.3) is 5.91 Å². The fourth-order valence-corrected chi connectivity index (χ4v) is 4.54. The fourth-order valence-electron chi connectivity index (χ4n) is 4.54. The van der Waals surface area contributed by atoms with Crippen LogP contribution < -0.4 is 4.74 Å². The minimum Gasteiger partial charge on any atom is -0.497 e. The Hall–Kier alpha value is -3.65. The van der Waals surface area contributed by atoms with Crippen LogP contribution >= 0.6 is 0 Å². The van der Waals surface area contributed by atoms with E-state index in [2.05, 4.69) is 5.10 Å². The van der Waals surface area contributed by atoms with Gasteiger partial charge in [0.05, 0.1) is 36.6 Å². The summed E-state index contributed by atoms with van der Waals surface area (Å²) in [6, 6.07) is 13.4. The van der Waals surface area contributed by atoms with E-state index in [9.17, 15) is 4.79 Å². The number of methoxy groups -OCH3 is 1. The Morgan fingerprint density at radius 2 is 2.14 bits per heavy atom. The third kappa shape index (κ3) is 4.79. The van der Waals surface area contributed by atoms with Gasteiger partial charge in [0.15, 0.2) is 11.4 Å². The molecule has 35 heavy (non-hydrogen) atoms. The second-order valence-corrected chi connectivity index (χ2v) is 9.12. The first kappa shape index (κ1) is 23.1. The Bertz CT molecular complexity index is 1310. The maximum Gasteiger partial charge on any atom is 0.255 e. The number of hydrogen-bond acceptors (Lipinski definition) is 6. The summed E-state index contributed by atoms with van der Waals surface area (Å²) in [7, 11) is 1.64. The number of carbonyl (C=O) groups is 1. The molecule has 0 bridgehead atoms. The van der Waals surface area contributed by atoms with Gasteiger partial charge in [-0.25, -0.2) is 9.67 Å². The average molecular weight is 475 g/mol. The van der Waals surface area contributed by atoms with Crippen LogP contribution in [0.1, 0.15) is 48.7 Å². The summed E-state index contributed by atoms with van der Waals surface area (Å²) in [6.07, 6.45) is 5.31. The number of benzene rings is 1. The Morgan fingerprint density at radius 1 is 1.26 bits per heavy atom. The highest BCUT2D eigenvalue weighted by Gasteiger charge is 2.27. The zero-order valence-corrected chi connectivity index (χ0v) is 20.3. The van der Waals surface area contributed by atoms with E-state index in [4.69, 9.17) is 18.9 Å². The van der Waals surface area contributed by atoms with E-state index in [0.29, 0.717) is 35.8 Å². The van der Waals surface area contributed by atoms with Crippen molar-refractivity contribution in [3.63, 3.8) is 0 Å². The Labute approximate surface area is 204 Å². The maximum atomic E-state index is 14.2. The van der Waals surface area contributed by atoms with Crippen LogP contribution in [0.15, 0.2) is 59.3 Å². The molecule has 1 aliphatic rings. The van der Waals surface area contributed by atoms with Crippen molar-refractivity contribution in [2.45, 2.75) is 45.4 Å². The summed E-state index contributed by atoms with van der Waals surface area (Å²) < 4.78 is 18.7. The van der Waals surface area contributed by atoms with E-state index in [-0.39, 0.29) is 18.1 Å². The molecule has 1 aromatic carbocycles. The number of rotatable bonds is 8. The van der Waals surface area contributed by atoms with E-state index < -0.39 is 0 Å². The van der Waals surface area contributed by atoms with Crippen LogP contribution in [0.4, 0.5) is 0 Å². The predicted molar refractivity (Wildman–Crippen MR) is 132 cm³/mol. The van der Waals surface area contributed by atoms with Gasteiger partial charge in [0, 0.05) is 25.7 Å². The van der Waals surface area contributed by atoms with E-state index in [1.165, 1.54) is 0 Å².